The van der Waals surface area contributed by atoms with Gasteiger partial charge in [0.1, 0.15) is 5.60 Å². The number of rotatable bonds is 4. The second kappa shape index (κ2) is 4.56. The van der Waals surface area contributed by atoms with E-state index in [1.165, 1.54) is 6.92 Å². The van der Waals surface area contributed by atoms with E-state index in [9.17, 15) is 5.11 Å². The van der Waals surface area contributed by atoms with Crippen LogP contribution in [0.25, 0.3) is 0 Å². The molecule has 0 bridgehead atoms. The lowest BCUT2D eigenvalue weighted by atomic mass is 10.1. The second-order valence-corrected chi connectivity index (χ2v) is 3.63. The number of anilines is 2. The van der Waals surface area contributed by atoms with Crippen molar-refractivity contribution in [1.82, 2.24) is 15.0 Å². The predicted octanol–water partition coefficient (Wildman–Crippen LogP) is -0.738. The zero-order chi connectivity index (χ0) is 11.5. The summed E-state index contributed by atoms with van der Waals surface area (Å²) in [7, 11) is 0. The molecule has 0 fully saturated rings. The molecule has 1 atom stereocenters. The second-order valence-electron chi connectivity index (χ2n) is 3.29. The summed E-state index contributed by atoms with van der Waals surface area (Å²) in [6.07, 6.45) is 0. The molecule has 0 aliphatic carbocycles. The topological polar surface area (TPSA) is 117 Å². The monoisotopic (exact) mass is 233 g/mol. The molecule has 0 spiro atoms. The van der Waals surface area contributed by atoms with Crippen LogP contribution in [0.1, 0.15) is 6.92 Å². The Morgan fingerprint density at radius 3 is 2.67 bits per heavy atom. The zero-order valence-corrected chi connectivity index (χ0v) is 8.86. The van der Waals surface area contributed by atoms with Crippen LogP contribution in [-0.4, -0.2) is 43.9 Å². The van der Waals surface area contributed by atoms with Gasteiger partial charge in [-0.2, -0.15) is 15.0 Å². The number of halogens is 1. The molecule has 0 radical (unpaired) electrons. The predicted molar refractivity (Wildman–Crippen MR) is 55.4 cm³/mol. The lowest BCUT2D eigenvalue weighted by molar-refractivity contribution is 0.0131. The van der Waals surface area contributed by atoms with Crippen molar-refractivity contribution in [3.05, 3.63) is 5.28 Å². The fourth-order valence-electron chi connectivity index (χ4n) is 0.770. The number of hydrogen-bond acceptors (Lipinski definition) is 7. The van der Waals surface area contributed by atoms with Gasteiger partial charge in [0.05, 0.1) is 6.61 Å². The third-order valence-electron chi connectivity index (χ3n) is 1.59. The van der Waals surface area contributed by atoms with E-state index in [1.54, 1.807) is 0 Å². The van der Waals surface area contributed by atoms with Crippen LogP contribution in [0, 0.1) is 0 Å². The summed E-state index contributed by atoms with van der Waals surface area (Å²) >= 11 is 5.54. The average molecular weight is 234 g/mol. The van der Waals surface area contributed by atoms with Crippen LogP contribution in [0.2, 0.25) is 5.28 Å². The van der Waals surface area contributed by atoms with Gasteiger partial charge in [-0.25, -0.2) is 0 Å². The Kier molecular flexibility index (Phi) is 3.61. The summed E-state index contributed by atoms with van der Waals surface area (Å²) in [5, 5.41) is 20.9. The number of aliphatic hydroxyl groups excluding tert-OH is 1. The van der Waals surface area contributed by atoms with Crippen molar-refractivity contribution in [2.75, 3.05) is 24.2 Å². The van der Waals surface area contributed by atoms with Crippen LogP contribution in [0.15, 0.2) is 0 Å². The molecule has 84 valence electrons. The Morgan fingerprint density at radius 1 is 1.47 bits per heavy atom. The van der Waals surface area contributed by atoms with Crippen molar-refractivity contribution in [2.24, 2.45) is 0 Å². The fourth-order valence-corrected chi connectivity index (χ4v) is 0.936. The smallest absolute Gasteiger partial charge is 0.228 e. The SMILES string of the molecule is CC(O)(CO)CNc1nc(N)nc(Cl)n1. The molecule has 0 aliphatic rings. The Morgan fingerprint density at radius 2 is 2.13 bits per heavy atom. The van der Waals surface area contributed by atoms with Gasteiger partial charge in [0, 0.05) is 6.54 Å². The maximum Gasteiger partial charge on any atom is 0.228 e. The maximum atomic E-state index is 9.48. The summed E-state index contributed by atoms with van der Waals surface area (Å²) in [5.74, 6) is 0.141. The third kappa shape index (κ3) is 3.82. The largest absolute Gasteiger partial charge is 0.393 e. The van der Waals surface area contributed by atoms with Gasteiger partial charge < -0.3 is 21.3 Å². The van der Waals surface area contributed by atoms with E-state index in [-0.39, 0.29) is 30.3 Å². The van der Waals surface area contributed by atoms with E-state index < -0.39 is 5.60 Å². The standard InChI is InChI=1S/C7H12ClN5O2/c1-7(15,3-14)2-10-6-12-4(8)11-5(9)13-6/h14-15H,2-3H2,1H3,(H3,9,10,11,12,13). The van der Waals surface area contributed by atoms with Crippen molar-refractivity contribution in [3.63, 3.8) is 0 Å². The normalized spacial score (nSPS) is 14.7. The first-order chi connectivity index (χ1) is 6.93. The van der Waals surface area contributed by atoms with Crippen LogP contribution in [0.5, 0.6) is 0 Å². The van der Waals surface area contributed by atoms with Gasteiger partial charge in [-0.1, -0.05) is 0 Å². The Hall–Kier alpha value is -1.18. The molecular formula is C7H12ClN5O2. The molecule has 15 heavy (non-hydrogen) atoms. The van der Waals surface area contributed by atoms with Gasteiger partial charge in [0.15, 0.2) is 0 Å². The average Bonchev–Trinajstić information content (AvgIpc) is 2.14. The number of aromatic nitrogens is 3. The summed E-state index contributed by atoms with van der Waals surface area (Å²) in [6.45, 7) is 1.16. The first-order valence-corrected chi connectivity index (χ1v) is 4.55. The van der Waals surface area contributed by atoms with Gasteiger partial charge in [0.25, 0.3) is 0 Å². The van der Waals surface area contributed by atoms with Crippen molar-refractivity contribution in [3.8, 4) is 0 Å². The van der Waals surface area contributed by atoms with E-state index in [1.807, 2.05) is 0 Å². The molecule has 1 heterocycles. The molecule has 0 aliphatic heterocycles. The number of nitrogens with one attached hydrogen (secondary N) is 1. The summed E-state index contributed by atoms with van der Waals surface area (Å²) in [4.78, 5) is 11.0. The molecule has 1 unspecified atom stereocenters. The van der Waals surface area contributed by atoms with Gasteiger partial charge in [0.2, 0.25) is 17.2 Å². The number of aliphatic hydroxyl groups is 2. The van der Waals surface area contributed by atoms with E-state index in [0.29, 0.717) is 0 Å². The molecule has 5 N–H and O–H groups in total. The highest BCUT2D eigenvalue weighted by atomic mass is 35.5. The number of hydrogen-bond donors (Lipinski definition) is 4. The highest BCUT2D eigenvalue weighted by molar-refractivity contribution is 6.28. The third-order valence-corrected chi connectivity index (χ3v) is 1.76. The van der Waals surface area contributed by atoms with Crippen molar-refractivity contribution in [1.29, 1.82) is 0 Å². The first kappa shape index (κ1) is 11.9. The molecule has 0 amide bonds. The molecule has 0 saturated carbocycles. The van der Waals surface area contributed by atoms with Crippen molar-refractivity contribution >= 4 is 23.5 Å². The Labute approximate surface area is 91.3 Å². The quantitative estimate of drug-likeness (QED) is 0.541. The van der Waals surface area contributed by atoms with E-state index in [0.717, 1.165) is 0 Å². The molecule has 0 saturated heterocycles. The minimum absolute atomic E-state index is 0.0128. The summed E-state index contributed by atoms with van der Waals surface area (Å²) in [6, 6.07) is 0. The van der Waals surface area contributed by atoms with Gasteiger partial charge >= 0.3 is 0 Å². The summed E-state index contributed by atoms with van der Waals surface area (Å²) in [5.41, 5.74) is 4.08. The first-order valence-electron chi connectivity index (χ1n) is 4.17. The number of nitrogens with two attached hydrogens (primary N) is 1. The zero-order valence-electron chi connectivity index (χ0n) is 8.11. The molecule has 1 rings (SSSR count). The van der Waals surface area contributed by atoms with Crippen LogP contribution in [-0.2, 0) is 0 Å². The minimum Gasteiger partial charge on any atom is -0.393 e. The van der Waals surface area contributed by atoms with Crippen LogP contribution in [0.4, 0.5) is 11.9 Å². The fraction of sp³-hybridized carbons (Fsp3) is 0.571. The highest BCUT2D eigenvalue weighted by Crippen LogP contribution is 2.08. The molecule has 7 nitrogen and oxygen atoms in total. The molecule has 1 aromatic rings. The Bertz CT molecular complexity index is 326. The maximum absolute atomic E-state index is 9.48. The lowest BCUT2D eigenvalue weighted by Gasteiger charge is -2.20. The minimum atomic E-state index is -1.26. The highest BCUT2D eigenvalue weighted by Gasteiger charge is 2.19. The van der Waals surface area contributed by atoms with Crippen LogP contribution >= 0.6 is 11.6 Å². The van der Waals surface area contributed by atoms with E-state index in [4.69, 9.17) is 22.4 Å². The summed E-state index contributed by atoms with van der Waals surface area (Å²) < 4.78 is 0. The van der Waals surface area contributed by atoms with Crippen LogP contribution in [0.3, 0.4) is 0 Å². The molecule has 8 heteroatoms. The van der Waals surface area contributed by atoms with Gasteiger partial charge in [-0.15, -0.1) is 0 Å². The molecule has 0 aromatic carbocycles. The number of nitrogen functional groups attached to an aromatic ring is 1. The van der Waals surface area contributed by atoms with E-state index in [2.05, 4.69) is 20.3 Å². The molecule has 1 aromatic heterocycles. The Balaban J connectivity index is 2.65. The van der Waals surface area contributed by atoms with E-state index >= 15 is 0 Å². The number of nitrogens with zero attached hydrogens (tertiary/aromatic N) is 3. The van der Waals surface area contributed by atoms with Gasteiger partial charge in [-0.3, -0.25) is 0 Å². The van der Waals surface area contributed by atoms with Crippen molar-refractivity contribution in [2.45, 2.75) is 12.5 Å². The van der Waals surface area contributed by atoms with Crippen LogP contribution < -0.4 is 11.1 Å². The lowest BCUT2D eigenvalue weighted by Crippen LogP contribution is -2.37. The van der Waals surface area contributed by atoms with Crippen molar-refractivity contribution < 1.29 is 10.2 Å². The molecular weight excluding hydrogens is 222 g/mol. The van der Waals surface area contributed by atoms with Gasteiger partial charge in [-0.05, 0) is 18.5 Å².